The van der Waals surface area contributed by atoms with Crippen LogP contribution in [0.2, 0.25) is 5.02 Å². The van der Waals surface area contributed by atoms with Crippen LogP contribution in [0, 0.1) is 0 Å². The van der Waals surface area contributed by atoms with E-state index in [0.29, 0.717) is 11.6 Å². The number of alkyl halides is 1. The molecule has 1 aliphatic heterocycles. The van der Waals surface area contributed by atoms with Crippen molar-refractivity contribution in [2.75, 3.05) is 18.5 Å². The Balaban J connectivity index is 2.42. The lowest BCUT2D eigenvalue weighted by Crippen LogP contribution is -2.03. The van der Waals surface area contributed by atoms with Gasteiger partial charge in [0.25, 0.3) is 0 Å². The fraction of sp³-hybridized carbons (Fsp3) is 0.333. The maximum absolute atomic E-state index is 12.4. The average Bonchev–Trinajstić information content (AvgIpc) is 2.46. The minimum absolute atomic E-state index is 0.0151. The van der Waals surface area contributed by atoms with E-state index >= 15 is 0 Å². The summed E-state index contributed by atoms with van der Waals surface area (Å²) in [5.41, 5.74) is 2.02. The van der Waals surface area contributed by atoms with Crippen LogP contribution in [0.15, 0.2) is 18.2 Å². The summed E-state index contributed by atoms with van der Waals surface area (Å²) < 4.78 is 12.4. The molecule has 0 fully saturated rings. The molecule has 0 saturated carbocycles. The van der Waals surface area contributed by atoms with Crippen molar-refractivity contribution in [3.63, 3.8) is 0 Å². The largest absolute Gasteiger partial charge is 0.384 e. The Bertz CT molecular complexity index is 301. The van der Waals surface area contributed by atoms with Crippen LogP contribution in [0.25, 0.3) is 0 Å². The molecule has 0 saturated heterocycles. The van der Waals surface area contributed by atoms with Crippen LogP contribution in [-0.2, 0) is 0 Å². The molecule has 0 spiro atoms. The topological polar surface area (TPSA) is 12.0 Å². The number of nitrogens with one attached hydrogen (secondary N) is 1. The van der Waals surface area contributed by atoms with E-state index in [1.807, 2.05) is 18.2 Å². The van der Waals surface area contributed by atoms with Gasteiger partial charge in [0.2, 0.25) is 0 Å². The number of anilines is 1. The molecule has 0 radical (unpaired) electrons. The smallest absolute Gasteiger partial charge is 0.0980 e. The summed E-state index contributed by atoms with van der Waals surface area (Å²) in [7, 11) is 0. The quantitative estimate of drug-likeness (QED) is 0.710. The molecule has 1 nitrogen and oxygen atoms in total. The van der Waals surface area contributed by atoms with Crippen molar-refractivity contribution in [2.24, 2.45) is 0 Å². The molecular weight excluding hydrogens is 177 g/mol. The Hall–Kier alpha value is -0.760. The molecule has 0 aliphatic carbocycles. The molecular formula is C9H9ClFN. The predicted molar refractivity (Wildman–Crippen MR) is 48.7 cm³/mol. The SMILES string of the molecule is FCC1CNc2ccc(Cl)cc21. The van der Waals surface area contributed by atoms with E-state index in [2.05, 4.69) is 5.32 Å². The van der Waals surface area contributed by atoms with Gasteiger partial charge < -0.3 is 5.32 Å². The number of benzene rings is 1. The zero-order valence-corrected chi connectivity index (χ0v) is 7.24. The van der Waals surface area contributed by atoms with E-state index in [1.54, 1.807) is 0 Å². The second kappa shape index (κ2) is 2.94. The van der Waals surface area contributed by atoms with Crippen molar-refractivity contribution in [1.82, 2.24) is 0 Å². The third-order valence-electron chi connectivity index (χ3n) is 2.18. The van der Waals surface area contributed by atoms with Crippen molar-refractivity contribution in [3.05, 3.63) is 28.8 Å². The van der Waals surface area contributed by atoms with Crippen LogP contribution in [0.1, 0.15) is 11.5 Å². The zero-order valence-electron chi connectivity index (χ0n) is 6.48. The Morgan fingerprint density at radius 2 is 2.42 bits per heavy atom. The summed E-state index contributed by atoms with van der Waals surface area (Å²) in [4.78, 5) is 0. The minimum atomic E-state index is -0.319. The van der Waals surface area contributed by atoms with Crippen LogP contribution in [0.5, 0.6) is 0 Å². The molecule has 12 heavy (non-hydrogen) atoms. The number of hydrogen-bond acceptors (Lipinski definition) is 1. The van der Waals surface area contributed by atoms with E-state index in [0.717, 1.165) is 11.3 Å². The third kappa shape index (κ3) is 1.16. The van der Waals surface area contributed by atoms with Crippen molar-refractivity contribution in [2.45, 2.75) is 5.92 Å². The van der Waals surface area contributed by atoms with E-state index in [1.165, 1.54) is 0 Å². The summed E-state index contributed by atoms with van der Waals surface area (Å²) in [5.74, 6) is -0.0151. The number of rotatable bonds is 1. The van der Waals surface area contributed by atoms with Gasteiger partial charge in [-0.1, -0.05) is 11.6 Å². The Morgan fingerprint density at radius 1 is 1.58 bits per heavy atom. The second-order valence-electron chi connectivity index (χ2n) is 2.96. The van der Waals surface area contributed by atoms with Gasteiger partial charge in [-0.05, 0) is 23.8 Å². The fourth-order valence-corrected chi connectivity index (χ4v) is 1.69. The fourth-order valence-electron chi connectivity index (χ4n) is 1.51. The molecule has 64 valence electrons. The number of hydrogen-bond donors (Lipinski definition) is 1. The highest BCUT2D eigenvalue weighted by molar-refractivity contribution is 6.30. The Kier molecular flexibility index (Phi) is 1.93. The second-order valence-corrected chi connectivity index (χ2v) is 3.40. The minimum Gasteiger partial charge on any atom is -0.384 e. The standard InChI is InChI=1S/C9H9ClFN/c10-7-1-2-9-8(3-7)6(4-11)5-12-9/h1-3,6,12H,4-5H2. The molecule has 1 atom stereocenters. The molecule has 0 amide bonds. The van der Waals surface area contributed by atoms with Crippen LogP contribution in [0.3, 0.4) is 0 Å². The maximum atomic E-state index is 12.4. The first-order chi connectivity index (χ1) is 5.81. The van der Waals surface area contributed by atoms with Crippen LogP contribution in [-0.4, -0.2) is 13.2 Å². The highest BCUT2D eigenvalue weighted by Gasteiger charge is 2.21. The van der Waals surface area contributed by atoms with E-state index in [4.69, 9.17) is 11.6 Å². The molecule has 1 aromatic carbocycles. The molecule has 3 heteroatoms. The lowest BCUT2D eigenvalue weighted by atomic mass is 10.0. The normalized spacial score (nSPS) is 20.3. The van der Waals surface area contributed by atoms with Gasteiger partial charge in [-0.3, -0.25) is 4.39 Å². The van der Waals surface area contributed by atoms with Gasteiger partial charge in [0.05, 0.1) is 6.67 Å². The molecule has 0 aromatic heterocycles. The molecule has 1 heterocycles. The zero-order chi connectivity index (χ0) is 8.55. The summed E-state index contributed by atoms with van der Waals surface area (Å²) in [6, 6.07) is 5.54. The van der Waals surface area contributed by atoms with Gasteiger partial charge in [-0.15, -0.1) is 0 Å². The van der Waals surface area contributed by atoms with Gasteiger partial charge in [0.1, 0.15) is 0 Å². The Morgan fingerprint density at radius 3 is 3.17 bits per heavy atom. The molecule has 0 bridgehead atoms. The third-order valence-corrected chi connectivity index (χ3v) is 2.41. The van der Waals surface area contributed by atoms with Crippen LogP contribution < -0.4 is 5.32 Å². The molecule has 1 aliphatic rings. The number of fused-ring (bicyclic) bond motifs is 1. The molecule has 1 aromatic rings. The van der Waals surface area contributed by atoms with Gasteiger partial charge in [-0.25, -0.2) is 0 Å². The highest BCUT2D eigenvalue weighted by atomic mass is 35.5. The number of halogens is 2. The Labute approximate surface area is 75.5 Å². The van der Waals surface area contributed by atoms with E-state index < -0.39 is 0 Å². The van der Waals surface area contributed by atoms with Gasteiger partial charge in [0, 0.05) is 23.2 Å². The average molecular weight is 186 g/mol. The highest BCUT2D eigenvalue weighted by Crippen LogP contribution is 2.33. The van der Waals surface area contributed by atoms with Crippen molar-refractivity contribution in [3.8, 4) is 0 Å². The first-order valence-corrected chi connectivity index (χ1v) is 4.28. The molecule has 1 unspecified atom stereocenters. The first-order valence-electron chi connectivity index (χ1n) is 3.90. The van der Waals surface area contributed by atoms with Crippen LogP contribution >= 0.6 is 11.6 Å². The first kappa shape index (κ1) is 7.87. The summed E-state index contributed by atoms with van der Waals surface area (Å²) in [5, 5.41) is 3.81. The van der Waals surface area contributed by atoms with E-state index in [-0.39, 0.29) is 12.6 Å². The van der Waals surface area contributed by atoms with Crippen LogP contribution in [0.4, 0.5) is 10.1 Å². The van der Waals surface area contributed by atoms with Crippen molar-refractivity contribution < 1.29 is 4.39 Å². The summed E-state index contributed by atoms with van der Waals surface area (Å²) in [6.45, 7) is 0.368. The van der Waals surface area contributed by atoms with E-state index in [9.17, 15) is 4.39 Å². The monoisotopic (exact) mass is 185 g/mol. The molecule has 1 N–H and O–H groups in total. The lowest BCUT2D eigenvalue weighted by molar-refractivity contribution is 0.447. The van der Waals surface area contributed by atoms with Gasteiger partial charge >= 0.3 is 0 Å². The van der Waals surface area contributed by atoms with Gasteiger partial charge in [0.15, 0.2) is 0 Å². The summed E-state index contributed by atoms with van der Waals surface area (Å²) in [6.07, 6.45) is 0. The van der Waals surface area contributed by atoms with Crippen molar-refractivity contribution in [1.29, 1.82) is 0 Å². The molecule has 2 rings (SSSR count). The predicted octanol–water partition coefficient (Wildman–Crippen LogP) is 2.82. The summed E-state index contributed by atoms with van der Waals surface area (Å²) >= 11 is 5.80. The maximum Gasteiger partial charge on any atom is 0.0980 e. The lowest BCUT2D eigenvalue weighted by Gasteiger charge is -2.03. The van der Waals surface area contributed by atoms with Crippen molar-refractivity contribution >= 4 is 17.3 Å². The van der Waals surface area contributed by atoms with Gasteiger partial charge in [-0.2, -0.15) is 0 Å².